The third-order valence-corrected chi connectivity index (χ3v) is 9.25. The number of nitrogens with one attached hydrogen (secondary N) is 1. The van der Waals surface area contributed by atoms with Crippen LogP contribution in [0.5, 0.6) is 5.75 Å². The third kappa shape index (κ3) is 4.83. The highest BCUT2D eigenvalue weighted by atomic mass is 127. The van der Waals surface area contributed by atoms with Gasteiger partial charge in [0.15, 0.2) is 0 Å². The molecule has 0 saturated heterocycles. The Bertz CT molecular complexity index is 1120. The number of amides is 1. The maximum Gasteiger partial charge on any atom is 0.339 e. The quantitative estimate of drug-likeness (QED) is 0.221. The topological polar surface area (TPSA) is 75.6 Å². The lowest BCUT2D eigenvalue weighted by Gasteiger charge is -2.13. The number of anilines is 1. The van der Waals surface area contributed by atoms with Crippen molar-refractivity contribution in [1.29, 1.82) is 0 Å². The number of hydrogen-bond acceptors (Lipinski definition) is 4. The van der Waals surface area contributed by atoms with Crippen molar-refractivity contribution in [3.8, 4) is 16.2 Å². The number of benzene rings is 2. The van der Waals surface area contributed by atoms with Crippen LogP contribution >= 0.6 is 90.7 Å². The van der Waals surface area contributed by atoms with E-state index in [2.05, 4.69) is 73.1 Å². The molecule has 2 N–H and O–H groups in total. The van der Waals surface area contributed by atoms with E-state index in [0.29, 0.717) is 24.8 Å². The summed E-state index contributed by atoms with van der Waals surface area (Å²) >= 11 is 13.5. The second-order valence-electron chi connectivity index (χ2n) is 5.68. The van der Waals surface area contributed by atoms with Gasteiger partial charge in [0.2, 0.25) is 0 Å². The van der Waals surface area contributed by atoms with Crippen molar-refractivity contribution in [3.05, 3.63) is 62.6 Å². The maximum atomic E-state index is 13.0. The van der Waals surface area contributed by atoms with Crippen molar-refractivity contribution in [2.45, 2.75) is 0 Å². The van der Waals surface area contributed by atoms with Crippen molar-refractivity contribution in [3.63, 3.8) is 0 Å². The maximum absolute atomic E-state index is 13.0. The Morgan fingerprint density at radius 1 is 1.10 bits per heavy atom. The molecule has 0 aliphatic rings. The van der Waals surface area contributed by atoms with Gasteiger partial charge in [0, 0.05) is 17.5 Å². The summed E-state index contributed by atoms with van der Waals surface area (Å²) in [5.74, 6) is -0.801. The lowest BCUT2D eigenvalue weighted by Crippen LogP contribution is -2.17. The Labute approximate surface area is 216 Å². The fraction of sp³-hybridized carbons (Fsp3) is 0.0526. The van der Waals surface area contributed by atoms with Crippen LogP contribution in [-0.4, -0.2) is 24.1 Å². The molecule has 5 nitrogen and oxygen atoms in total. The minimum Gasteiger partial charge on any atom is -0.496 e. The van der Waals surface area contributed by atoms with Gasteiger partial charge in [-0.15, -0.1) is 11.3 Å². The number of carboxylic acids is 1. The summed E-state index contributed by atoms with van der Waals surface area (Å²) in [6, 6.07) is 8.69. The van der Waals surface area contributed by atoms with Crippen LogP contribution in [0.3, 0.4) is 0 Å². The van der Waals surface area contributed by atoms with E-state index in [1.807, 2.05) is 0 Å². The van der Waals surface area contributed by atoms with Gasteiger partial charge in [-0.1, -0.05) is 23.7 Å². The Balaban J connectivity index is 2.01. The minimum absolute atomic E-state index is 0.0545. The Morgan fingerprint density at radius 3 is 2.34 bits per heavy atom. The molecule has 0 atom stereocenters. The molecular formula is C19H11ClI3NO4S. The number of halogens is 4. The van der Waals surface area contributed by atoms with E-state index in [0.717, 1.165) is 12.7 Å². The van der Waals surface area contributed by atoms with Crippen molar-refractivity contribution < 1.29 is 19.4 Å². The molecular weight excluding hydrogens is 754 g/mol. The molecule has 2 aromatic carbocycles. The molecule has 0 aliphatic carbocycles. The molecule has 0 bridgehead atoms. The molecule has 29 heavy (non-hydrogen) atoms. The van der Waals surface area contributed by atoms with Gasteiger partial charge in [-0.25, -0.2) is 4.79 Å². The van der Waals surface area contributed by atoms with E-state index in [-0.39, 0.29) is 17.2 Å². The third-order valence-electron chi connectivity index (χ3n) is 3.93. The van der Waals surface area contributed by atoms with Crippen LogP contribution in [0.25, 0.3) is 10.4 Å². The number of carboxylic acid groups (broad SMARTS) is 1. The second-order valence-corrected chi connectivity index (χ2v) is 10.3. The van der Waals surface area contributed by atoms with Crippen LogP contribution in [0.2, 0.25) is 5.02 Å². The van der Waals surface area contributed by atoms with E-state index >= 15 is 0 Å². The highest BCUT2D eigenvalue weighted by Crippen LogP contribution is 2.38. The largest absolute Gasteiger partial charge is 0.496 e. The van der Waals surface area contributed by atoms with E-state index < -0.39 is 5.97 Å². The van der Waals surface area contributed by atoms with Crippen LogP contribution in [0, 0.1) is 10.7 Å². The van der Waals surface area contributed by atoms with Gasteiger partial charge in [-0.3, -0.25) is 4.79 Å². The number of ether oxygens (including phenoxy) is 1. The molecule has 1 aromatic heterocycles. The fourth-order valence-electron chi connectivity index (χ4n) is 2.59. The molecule has 150 valence electrons. The molecule has 3 aromatic rings. The summed E-state index contributed by atoms with van der Waals surface area (Å²) in [6.07, 6.45) is 0. The standard InChI is InChI=1S/C19H11ClI3NO4S/c1-28-12-6-10(21)13(16(23)15(12)22)18(25)24-11-7-29-17(14(11)19(26)27)8-2-4-9(20)5-3-8/h2-7H,1H3,(H,24,25)(H,26,27). The zero-order chi connectivity index (χ0) is 21.3. The average Bonchev–Trinajstić information content (AvgIpc) is 3.09. The molecule has 10 heteroatoms. The van der Waals surface area contributed by atoms with Gasteiger partial charge >= 0.3 is 5.97 Å². The average molecular weight is 766 g/mol. The molecule has 0 saturated carbocycles. The number of hydrogen-bond donors (Lipinski definition) is 2. The number of aromatic carboxylic acids is 1. The number of methoxy groups -OCH3 is 1. The van der Waals surface area contributed by atoms with Gasteiger partial charge < -0.3 is 15.2 Å². The van der Waals surface area contributed by atoms with Crippen molar-refractivity contribution in [1.82, 2.24) is 0 Å². The zero-order valence-electron chi connectivity index (χ0n) is 14.6. The number of carbonyl (C=O) groups excluding carboxylic acids is 1. The highest BCUT2D eigenvalue weighted by molar-refractivity contribution is 14.1. The number of rotatable bonds is 5. The SMILES string of the molecule is COc1cc(I)c(C(=O)Nc2csc(-c3ccc(Cl)cc3)c2C(=O)O)c(I)c1I. The minimum atomic E-state index is -1.11. The number of thiophene rings is 1. The van der Waals surface area contributed by atoms with Crippen LogP contribution in [0.4, 0.5) is 5.69 Å². The molecule has 3 rings (SSSR count). The fourth-order valence-corrected chi connectivity index (χ4v) is 6.48. The van der Waals surface area contributed by atoms with Crippen molar-refractivity contribution >= 4 is 108 Å². The van der Waals surface area contributed by atoms with Crippen LogP contribution in [0.15, 0.2) is 35.7 Å². The molecule has 1 heterocycles. The summed E-state index contributed by atoms with van der Waals surface area (Å²) in [5.41, 5.74) is 1.52. The summed E-state index contributed by atoms with van der Waals surface area (Å²) in [7, 11) is 1.58. The van der Waals surface area contributed by atoms with Gasteiger partial charge in [-0.05, 0) is 91.5 Å². The predicted molar refractivity (Wildman–Crippen MR) is 141 cm³/mol. The van der Waals surface area contributed by atoms with Crippen LogP contribution in [-0.2, 0) is 0 Å². The van der Waals surface area contributed by atoms with Gasteiger partial charge in [0.25, 0.3) is 5.91 Å². The van der Waals surface area contributed by atoms with E-state index in [4.69, 9.17) is 16.3 Å². The van der Waals surface area contributed by atoms with Gasteiger partial charge in [-0.2, -0.15) is 0 Å². The first-order chi connectivity index (χ1) is 13.7. The summed E-state index contributed by atoms with van der Waals surface area (Å²) in [5, 5.41) is 14.7. The molecule has 0 spiro atoms. The predicted octanol–water partition coefficient (Wildman–Crippen LogP) is 6.84. The van der Waals surface area contributed by atoms with E-state index in [1.54, 1.807) is 42.8 Å². The smallest absolute Gasteiger partial charge is 0.339 e. The first kappa shape index (κ1) is 23.0. The normalized spacial score (nSPS) is 10.7. The molecule has 0 fully saturated rings. The first-order valence-corrected chi connectivity index (χ1v) is 12.4. The lowest BCUT2D eigenvalue weighted by molar-refractivity contribution is 0.0699. The van der Waals surface area contributed by atoms with E-state index in [1.165, 1.54) is 11.3 Å². The van der Waals surface area contributed by atoms with Crippen LogP contribution < -0.4 is 10.1 Å². The molecule has 0 radical (unpaired) electrons. The molecule has 1 amide bonds. The molecule has 0 aliphatic heterocycles. The van der Waals surface area contributed by atoms with E-state index in [9.17, 15) is 14.7 Å². The Morgan fingerprint density at radius 2 is 1.76 bits per heavy atom. The second kappa shape index (κ2) is 9.66. The van der Waals surface area contributed by atoms with Crippen LogP contribution in [0.1, 0.15) is 20.7 Å². The summed E-state index contributed by atoms with van der Waals surface area (Å²) in [6.45, 7) is 0. The Hall–Kier alpha value is -0.640. The van der Waals surface area contributed by atoms with Crippen molar-refractivity contribution in [2.24, 2.45) is 0 Å². The van der Waals surface area contributed by atoms with Gasteiger partial charge in [0.05, 0.1) is 26.8 Å². The Kier molecular flexibility index (Phi) is 7.67. The lowest BCUT2D eigenvalue weighted by atomic mass is 10.1. The van der Waals surface area contributed by atoms with Crippen molar-refractivity contribution in [2.75, 3.05) is 12.4 Å². The summed E-state index contributed by atoms with van der Waals surface area (Å²) < 4.78 is 7.62. The highest BCUT2D eigenvalue weighted by Gasteiger charge is 2.24. The zero-order valence-corrected chi connectivity index (χ0v) is 22.6. The summed E-state index contributed by atoms with van der Waals surface area (Å²) in [4.78, 5) is 25.5. The molecule has 0 unspecified atom stereocenters. The monoisotopic (exact) mass is 765 g/mol. The van der Waals surface area contributed by atoms with Gasteiger partial charge in [0.1, 0.15) is 11.3 Å². The number of carbonyl (C=O) groups is 2. The first-order valence-electron chi connectivity index (χ1n) is 7.88.